The molecule has 2 aromatic rings. The van der Waals surface area contributed by atoms with E-state index in [1.54, 1.807) is 29.5 Å². The highest BCUT2D eigenvalue weighted by Crippen LogP contribution is 2.25. The molecule has 0 saturated heterocycles. The second-order valence-corrected chi connectivity index (χ2v) is 10.3. The summed E-state index contributed by atoms with van der Waals surface area (Å²) in [4.78, 5) is 22.3. The van der Waals surface area contributed by atoms with E-state index in [-0.39, 0.29) is 22.7 Å². The van der Waals surface area contributed by atoms with Crippen molar-refractivity contribution in [1.82, 2.24) is 15.0 Å². The monoisotopic (exact) mass is 448 g/mol. The van der Waals surface area contributed by atoms with Gasteiger partial charge in [-0.15, -0.1) is 11.3 Å². The molecular weight excluding hydrogens is 420 g/mol. The number of benzene rings is 1. The minimum Gasteiger partial charge on any atom is -0.346 e. The molecule has 2 unspecified atom stereocenters. The van der Waals surface area contributed by atoms with Gasteiger partial charge in [-0.25, -0.2) is 13.4 Å². The highest BCUT2D eigenvalue weighted by atomic mass is 32.2. The number of aliphatic imine (C=N–C) groups is 1. The van der Waals surface area contributed by atoms with Gasteiger partial charge in [0.05, 0.1) is 21.6 Å². The summed E-state index contributed by atoms with van der Waals surface area (Å²) in [6, 6.07) is 5.74. The molecule has 1 amide bonds. The maximum atomic E-state index is 13.0. The van der Waals surface area contributed by atoms with Crippen LogP contribution in [0.5, 0.6) is 0 Å². The molecule has 1 aromatic carbocycles. The lowest BCUT2D eigenvalue weighted by Crippen LogP contribution is -2.37. The maximum absolute atomic E-state index is 13.0. The zero-order chi connectivity index (χ0) is 21.9. The summed E-state index contributed by atoms with van der Waals surface area (Å²) in [5.74, 6) is 0.335. The van der Waals surface area contributed by atoms with Gasteiger partial charge in [-0.2, -0.15) is 0 Å². The molecule has 0 saturated carbocycles. The fraction of sp³-hybridized carbons (Fsp3) is 0.476. The topological polar surface area (TPSA) is 101 Å². The van der Waals surface area contributed by atoms with Crippen molar-refractivity contribution in [3.8, 4) is 0 Å². The molecule has 2 heterocycles. The zero-order valence-corrected chi connectivity index (χ0v) is 19.3. The first-order valence-corrected chi connectivity index (χ1v) is 12.5. The van der Waals surface area contributed by atoms with Gasteiger partial charge in [-0.1, -0.05) is 45.7 Å². The van der Waals surface area contributed by atoms with Crippen LogP contribution in [0, 0.1) is 0 Å². The number of fused-ring (bicyclic) bond motifs is 1. The first-order valence-electron chi connectivity index (χ1n) is 10.2. The van der Waals surface area contributed by atoms with Gasteiger partial charge in [0.1, 0.15) is 11.9 Å². The third-order valence-electron chi connectivity index (χ3n) is 4.92. The van der Waals surface area contributed by atoms with Crippen molar-refractivity contribution < 1.29 is 13.2 Å². The number of hydrogen-bond donors (Lipinski definition) is 2. The largest absolute Gasteiger partial charge is 0.346 e. The molecule has 1 aromatic heterocycles. The summed E-state index contributed by atoms with van der Waals surface area (Å²) in [6.45, 7) is 8.11. The Hall–Kier alpha value is -2.26. The predicted molar refractivity (Wildman–Crippen MR) is 119 cm³/mol. The average Bonchev–Trinajstić information content (AvgIpc) is 3.29. The van der Waals surface area contributed by atoms with E-state index in [1.165, 1.54) is 6.07 Å². The number of nitrogens with one attached hydrogen (secondary N) is 2. The van der Waals surface area contributed by atoms with Crippen molar-refractivity contribution in [1.29, 1.82) is 0 Å². The van der Waals surface area contributed by atoms with Crippen molar-refractivity contribution in [2.24, 2.45) is 4.99 Å². The number of thiazole rings is 1. The molecule has 0 fully saturated rings. The molecule has 7 nitrogen and oxygen atoms in total. The number of carbonyl (C=O) groups is 1. The quantitative estimate of drug-likeness (QED) is 0.642. The number of aromatic nitrogens is 1. The third-order valence-corrected chi connectivity index (χ3v) is 7.48. The van der Waals surface area contributed by atoms with E-state index >= 15 is 0 Å². The van der Waals surface area contributed by atoms with Gasteiger partial charge in [0.25, 0.3) is 10.0 Å². The van der Waals surface area contributed by atoms with Gasteiger partial charge >= 0.3 is 0 Å². The number of unbranched alkanes of at least 4 members (excludes halogenated alkanes) is 1. The van der Waals surface area contributed by atoms with Crippen LogP contribution in [0.3, 0.4) is 0 Å². The first-order chi connectivity index (χ1) is 14.2. The van der Waals surface area contributed by atoms with Crippen LogP contribution in [-0.4, -0.2) is 31.2 Å². The Bertz CT molecular complexity index is 1040. The fourth-order valence-electron chi connectivity index (χ4n) is 3.19. The first kappa shape index (κ1) is 22.4. The summed E-state index contributed by atoms with van der Waals surface area (Å²) in [6.07, 6.45) is 2.26. The van der Waals surface area contributed by atoms with Crippen molar-refractivity contribution in [2.45, 2.75) is 69.9 Å². The highest BCUT2D eigenvalue weighted by molar-refractivity contribution is 7.90. The van der Waals surface area contributed by atoms with Gasteiger partial charge in [0, 0.05) is 16.9 Å². The number of nitrogens with zero attached hydrogens (tertiary/aromatic N) is 2. The van der Waals surface area contributed by atoms with Gasteiger partial charge in [0.2, 0.25) is 5.91 Å². The molecule has 0 spiro atoms. The van der Waals surface area contributed by atoms with E-state index in [0.717, 1.165) is 23.5 Å². The summed E-state index contributed by atoms with van der Waals surface area (Å²) < 4.78 is 27.2. The van der Waals surface area contributed by atoms with Gasteiger partial charge in [-0.3, -0.25) is 14.5 Å². The molecule has 1 aliphatic rings. The van der Waals surface area contributed by atoms with Gasteiger partial charge < -0.3 is 5.32 Å². The Morgan fingerprint density at radius 1 is 1.27 bits per heavy atom. The van der Waals surface area contributed by atoms with Crippen molar-refractivity contribution in [3.63, 3.8) is 0 Å². The van der Waals surface area contributed by atoms with Crippen LogP contribution >= 0.6 is 11.3 Å². The van der Waals surface area contributed by atoms with Crippen LogP contribution in [0.2, 0.25) is 0 Å². The van der Waals surface area contributed by atoms with E-state index < -0.39 is 16.1 Å². The molecule has 0 radical (unpaired) electrons. The molecule has 2 atom stereocenters. The molecular formula is C21H28N4O3S2. The lowest BCUT2D eigenvalue weighted by molar-refractivity contribution is -0.123. The van der Waals surface area contributed by atoms with Crippen LogP contribution in [0.25, 0.3) is 0 Å². The highest BCUT2D eigenvalue weighted by Gasteiger charge is 2.32. The molecule has 9 heteroatoms. The normalized spacial score (nSPS) is 18.1. The Kier molecular flexibility index (Phi) is 6.92. The fourth-order valence-corrected chi connectivity index (χ4v) is 5.35. The second kappa shape index (κ2) is 9.26. The van der Waals surface area contributed by atoms with Gasteiger partial charge in [-0.05, 0) is 25.5 Å². The number of carbonyl (C=O) groups excluding carboxylic acids is 1. The maximum Gasteiger partial charge on any atom is 0.263 e. The van der Waals surface area contributed by atoms with Crippen LogP contribution in [0.4, 0.5) is 0 Å². The third kappa shape index (κ3) is 4.89. The zero-order valence-electron chi connectivity index (χ0n) is 17.7. The predicted octanol–water partition coefficient (Wildman–Crippen LogP) is 3.74. The number of sulfonamides is 1. The standard InChI is InChI=1S/C21H28N4O3S2/c1-5-6-10-16(20(26)22-14(4)17-12-29-21(24-17)13(2)3)23-19-15-9-7-8-11-18(15)30(27,28)25-19/h7-9,11-14,16H,5-6,10H2,1-4H3,(H,22,26)(H,23,25). The minimum absolute atomic E-state index is 0.190. The molecule has 2 N–H and O–H groups in total. The number of amides is 1. The molecule has 3 rings (SSSR count). The smallest absolute Gasteiger partial charge is 0.263 e. The van der Waals surface area contributed by atoms with Crippen LogP contribution in [0.1, 0.15) is 75.2 Å². The van der Waals surface area contributed by atoms with E-state index in [2.05, 4.69) is 33.9 Å². The van der Waals surface area contributed by atoms with Crippen molar-refractivity contribution >= 4 is 33.1 Å². The Balaban J connectivity index is 1.82. The average molecular weight is 449 g/mol. The van der Waals surface area contributed by atoms with E-state index in [1.807, 2.05) is 19.2 Å². The van der Waals surface area contributed by atoms with Crippen molar-refractivity contribution in [2.75, 3.05) is 0 Å². The lowest BCUT2D eigenvalue weighted by Gasteiger charge is -2.17. The molecule has 0 bridgehead atoms. The summed E-state index contributed by atoms with van der Waals surface area (Å²) >= 11 is 1.59. The molecule has 1 aliphatic heterocycles. The number of rotatable bonds is 8. The second-order valence-electron chi connectivity index (χ2n) is 7.73. The Morgan fingerprint density at radius 2 is 2.00 bits per heavy atom. The van der Waals surface area contributed by atoms with Crippen LogP contribution in [0.15, 0.2) is 39.5 Å². The number of amidine groups is 1. The minimum atomic E-state index is -3.64. The van der Waals surface area contributed by atoms with Crippen molar-refractivity contribution in [3.05, 3.63) is 45.9 Å². The van der Waals surface area contributed by atoms with E-state index in [4.69, 9.17) is 0 Å². The SMILES string of the molecule is CCCCC(N=C1NS(=O)(=O)c2ccccc21)C(=O)NC(C)c1csc(C(C)C)n1. The Morgan fingerprint density at radius 3 is 2.67 bits per heavy atom. The molecule has 162 valence electrons. The van der Waals surface area contributed by atoms with Crippen LogP contribution in [-0.2, 0) is 14.8 Å². The molecule has 30 heavy (non-hydrogen) atoms. The van der Waals surface area contributed by atoms with Gasteiger partial charge in [0.15, 0.2) is 0 Å². The van der Waals surface area contributed by atoms with E-state index in [9.17, 15) is 13.2 Å². The molecule has 0 aliphatic carbocycles. The number of hydrogen-bond acceptors (Lipinski definition) is 6. The summed E-state index contributed by atoms with van der Waals surface area (Å²) in [5.41, 5.74) is 1.33. The summed E-state index contributed by atoms with van der Waals surface area (Å²) in [5, 5.41) is 6.00. The Labute approximate surface area is 182 Å². The lowest BCUT2D eigenvalue weighted by atomic mass is 10.1. The summed E-state index contributed by atoms with van der Waals surface area (Å²) in [7, 11) is -3.64. The van der Waals surface area contributed by atoms with Crippen LogP contribution < -0.4 is 10.0 Å². The van der Waals surface area contributed by atoms with E-state index in [0.29, 0.717) is 17.9 Å².